The molecule has 3 amide bonds. The maximum atomic E-state index is 14.2. The number of hydrogen-bond donors (Lipinski definition) is 1. The highest BCUT2D eigenvalue weighted by Crippen LogP contribution is 2.41. The molecule has 1 atom stereocenters. The molecule has 2 aromatic carbocycles. The standard InChI is InChI=1S/C33H32ClFN6O5/c1-4-45-31(43)33(2)29-21(10-13-26(37-29)30-36-16-28(39(30)3)41-15-14-27(42)38-32(41)44)18-40(33)17-20-8-11-22(12-9-20)46-19-23-24(34)6-5-7-25(23)35/h5-13,16H,4,14-15,17-19H2,1-3H3,(H,38,42,44)/t33-/m1/s1. The first kappa shape index (κ1) is 31.2. The van der Waals surface area contributed by atoms with Gasteiger partial charge in [-0.1, -0.05) is 35.9 Å². The number of fused-ring (bicyclic) bond motifs is 1. The van der Waals surface area contributed by atoms with Gasteiger partial charge in [-0.15, -0.1) is 0 Å². The summed E-state index contributed by atoms with van der Waals surface area (Å²) in [5.41, 5.74) is 1.98. The van der Waals surface area contributed by atoms with Crippen LogP contribution in [-0.4, -0.2) is 50.5 Å². The maximum Gasteiger partial charge on any atom is 0.332 e. The number of pyridine rings is 1. The molecule has 4 aromatic rings. The SMILES string of the molecule is CCOC(=O)[C@@]1(C)c2nc(-c3ncc(N4CCC(=O)NC4=O)n3C)ccc2CN1Cc1ccc(OCc2c(F)cccc2Cl)cc1. The van der Waals surface area contributed by atoms with Crippen LogP contribution in [0.3, 0.4) is 0 Å². The second-order valence-corrected chi connectivity index (χ2v) is 11.6. The van der Waals surface area contributed by atoms with Gasteiger partial charge in [0.1, 0.15) is 29.7 Å². The topological polar surface area (TPSA) is 119 Å². The van der Waals surface area contributed by atoms with E-state index in [9.17, 15) is 18.8 Å². The van der Waals surface area contributed by atoms with E-state index >= 15 is 0 Å². The van der Waals surface area contributed by atoms with Gasteiger partial charge >= 0.3 is 12.0 Å². The third-order valence-electron chi connectivity index (χ3n) is 8.37. The predicted molar refractivity (Wildman–Crippen MR) is 167 cm³/mol. The van der Waals surface area contributed by atoms with Crippen LogP contribution in [0.15, 0.2) is 60.8 Å². The largest absolute Gasteiger partial charge is 0.489 e. The van der Waals surface area contributed by atoms with Crippen LogP contribution in [0.25, 0.3) is 11.5 Å². The fraction of sp³-hybridized carbons (Fsp3) is 0.303. The number of ether oxygens (including phenoxy) is 2. The van der Waals surface area contributed by atoms with Crippen molar-refractivity contribution < 1.29 is 28.2 Å². The second kappa shape index (κ2) is 12.5. The van der Waals surface area contributed by atoms with Crippen molar-refractivity contribution >= 4 is 35.3 Å². The van der Waals surface area contributed by atoms with Crippen molar-refractivity contribution in [1.82, 2.24) is 24.8 Å². The average molecular weight is 647 g/mol. The summed E-state index contributed by atoms with van der Waals surface area (Å²) in [6.07, 6.45) is 1.75. The molecule has 0 spiro atoms. The minimum atomic E-state index is -1.20. The molecule has 2 aromatic heterocycles. The number of carbonyl (C=O) groups excluding carboxylic acids is 3. The van der Waals surface area contributed by atoms with E-state index in [4.69, 9.17) is 26.1 Å². The lowest BCUT2D eigenvalue weighted by Crippen LogP contribution is -2.50. The number of urea groups is 1. The van der Waals surface area contributed by atoms with Gasteiger partial charge in [-0.2, -0.15) is 0 Å². The number of hydrogen-bond acceptors (Lipinski definition) is 8. The van der Waals surface area contributed by atoms with Crippen molar-refractivity contribution in [3.63, 3.8) is 0 Å². The summed E-state index contributed by atoms with van der Waals surface area (Å²) in [5.74, 6) is 0.399. The number of anilines is 1. The molecular weight excluding hydrogens is 615 g/mol. The molecule has 1 N–H and O–H groups in total. The Balaban J connectivity index is 1.24. The molecule has 46 heavy (non-hydrogen) atoms. The lowest BCUT2D eigenvalue weighted by atomic mass is 9.96. The van der Waals surface area contributed by atoms with Gasteiger partial charge < -0.3 is 14.0 Å². The van der Waals surface area contributed by atoms with Crippen LogP contribution in [0, 0.1) is 5.82 Å². The molecule has 6 rings (SSSR count). The molecule has 0 aliphatic carbocycles. The Hall–Kier alpha value is -4.81. The summed E-state index contributed by atoms with van der Waals surface area (Å²) in [7, 11) is 1.77. The number of aromatic nitrogens is 3. The second-order valence-electron chi connectivity index (χ2n) is 11.2. The molecule has 13 heteroatoms. The highest BCUT2D eigenvalue weighted by atomic mass is 35.5. The fourth-order valence-electron chi connectivity index (χ4n) is 5.80. The molecule has 2 aliphatic rings. The summed E-state index contributed by atoms with van der Waals surface area (Å²) in [6, 6.07) is 15.1. The molecule has 0 saturated carbocycles. The maximum absolute atomic E-state index is 14.2. The normalized spacial score (nSPS) is 18.0. The zero-order valence-corrected chi connectivity index (χ0v) is 26.3. The third-order valence-corrected chi connectivity index (χ3v) is 8.73. The Morgan fingerprint density at radius 1 is 1.13 bits per heavy atom. The number of carbonyl (C=O) groups is 3. The molecule has 0 bridgehead atoms. The van der Waals surface area contributed by atoms with Crippen molar-refractivity contribution in [3.8, 4) is 17.3 Å². The number of nitrogens with one attached hydrogen (secondary N) is 1. The molecule has 1 fully saturated rings. The van der Waals surface area contributed by atoms with Gasteiger partial charge in [0.15, 0.2) is 11.4 Å². The number of esters is 1. The number of imide groups is 1. The van der Waals surface area contributed by atoms with E-state index in [-0.39, 0.29) is 37.6 Å². The lowest BCUT2D eigenvalue weighted by Gasteiger charge is -2.33. The minimum absolute atomic E-state index is 0.0103. The van der Waals surface area contributed by atoms with Gasteiger partial charge in [0.2, 0.25) is 5.91 Å². The number of rotatable bonds is 9. The smallest absolute Gasteiger partial charge is 0.332 e. The third kappa shape index (κ3) is 5.69. The fourth-order valence-corrected chi connectivity index (χ4v) is 6.01. The van der Waals surface area contributed by atoms with Gasteiger partial charge in [-0.05, 0) is 55.3 Å². The van der Waals surface area contributed by atoms with Crippen molar-refractivity contribution in [2.45, 2.75) is 45.5 Å². The van der Waals surface area contributed by atoms with E-state index < -0.39 is 23.4 Å². The Morgan fingerprint density at radius 2 is 1.91 bits per heavy atom. The molecule has 2 aliphatic heterocycles. The van der Waals surface area contributed by atoms with Crippen LogP contribution in [0.1, 0.15) is 42.7 Å². The van der Waals surface area contributed by atoms with Crippen molar-refractivity contribution in [2.75, 3.05) is 18.1 Å². The molecule has 11 nitrogen and oxygen atoms in total. The summed E-state index contributed by atoms with van der Waals surface area (Å²) < 4.78 is 27.2. The van der Waals surface area contributed by atoms with Gasteiger partial charge in [0.25, 0.3) is 0 Å². The first-order chi connectivity index (χ1) is 22.1. The van der Waals surface area contributed by atoms with Crippen molar-refractivity contribution in [2.24, 2.45) is 7.05 Å². The van der Waals surface area contributed by atoms with Gasteiger partial charge in [0.05, 0.1) is 23.5 Å². The summed E-state index contributed by atoms with van der Waals surface area (Å²) in [5, 5.41) is 2.63. The van der Waals surface area contributed by atoms with E-state index in [0.29, 0.717) is 46.9 Å². The highest BCUT2D eigenvalue weighted by Gasteiger charge is 2.50. The minimum Gasteiger partial charge on any atom is -0.489 e. The number of halogens is 2. The van der Waals surface area contributed by atoms with Crippen LogP contribution in [0.4, 0.5) is 15.0 Å². The highest BCUT2D eigenvalue weighted by molar-refractivity contribution is 6.31. The van der Waals surface area contributed by atoms with Gasteiger partial charge in [-0.3, -0.25) is 19.9 Å². The lowest BCUT2D eigenvalue weighted by molar-refractivity contribution is -0.157. The number of benzene rings is 2. The van der Waals surface area contributed by atoms with E-state index in [2.05, 4.69) is 10.3 Å². The number of nitrogens with zero attached hydrogens (tertiary/aromatic N) is 5. The first-order valence-electron chi connectivity index (χ1n) is 14.8. The molecular formula is C33H32ClFN6O5. The van der Waals surface area contributed by atoms with E-state index in [1.54, 1.807) is 49.0 Å². The molecule has 0 unspecified atom stereocenters. The number of amides is 3. The predicted octanol–water partition coefficient (Wildman–Crippen LogP) is 5.09. The molecule has 0 radical (unpaired) electrons. The van der Waals surface area contributed by atoms with Crippen LogP contribution >= 0.6 is 11.6 Å². The van der Waals surface area contributed by atoms with E-state index in [0.717, 1.165) is 11.1 Å². The van der Waals surface area contributed by atoms with Crippen LogP contribution in [0.5, 0.6) is 5.75 Å². The quantitative estimate of drug-likeness (QED) is 0.250. The molecule has 4 heterocycles. The first-order valence-corrected chi connectivity index (χ1v) is 15.2. The molecule has 1 saturated heterocycles. The molecule has 238 valence electrons. The van der Waals surface area contributed by atoms with Gasteiger partial charge in [-0.25, -0.2) is 23.9 Å². The van der Waals surface area contributed by atoms with Gasteiger partial charge in [0, 0.05) is 38.7 Å². The monoisotopic (exact) mass is 646 g/mol. The van der Waals surface area contributed by atoms with E-state index in [1.807, 2.05) is 36.1 Å². The van der Waals surface area contributed by atoms with Crippen LogP contribution < -0.4 is 15.0 Å². The van der Waals surface area contributed by atoms with Crippen molar-refractivity contribution in [1.29, 1.82) is 0 Å². The van der Waals surface area contributed by atoms with Crippen molar-refractivity contribution in [3.05, 3.63) is 94.0 Å². The zero-order chi connectivity index (χ0) is 32.6. The Labute approximate surface area is 269 Å². The Kier molecular flexibility index (Phi) is 8.49. The number of imidazole rings is 1. The van der Waals surface area contributed by atoms with Crippen LogP contribution in [-0.2, 0) is 46.6 Å². The Morgan fingerprint density at radius 3 is 2.63 bits per heavy atom. The van der Waals surface area contributed by atoms with Crippen LogP contribution in [0.2, 0.25) is 5.02 Å². The van der Waals surface area contributed by atoms with E-state index in [1.165, 1.54) is 11.0 Å². The zero-order valence-electron chi connectivity index (χ0n) is 25.5. The summed E-state index contributed by atoms with van der Waals surface area (Å²) in [4.78, 5) is 50.6. The Bertz CT molecular complexity index is 1810. The summed E-state index contributed by atoms with van der Waals surface area (Å²) >= 11 is 6.12. The average Bonchev–Trinajstić information content (AvgIpc) is 3.54. The summed E-state index contributed by atoms with van der Waals surface area (Å²) in [6.45, 7) is 4.87.